The number of aliphatic carboxylic acids is 1. The molecule has 2 aliphatic rings. The first-order valence-electron chi connectivity index (χ1n) is 6.30. The molecule has 2 unspecified atom stereocenters. The third-order valence-corrected chi connectivity index (χ3v) is 3.90. The number of hydrogen-bond acceptors (Lipinski definition) is 3. The minimum atomic E-state index is -0.651. The molecule has 1 saturated heterocycles. The molecule has 0 bridgehead atoms. The van der Waals surface area contributed by atoms with Gasteiger partial charge in [-0.1, -0.05) is 6.42 Å². The Hall–Kier alpha value is -0.610. The zero-order valence-electron chi connectivity index (χ0n) is 9.98. The number of likely N-dealkylation sites (tertiary alicyclic amines) is 1. The summed E-state index contributed by atoms with van der Waals surface area (Å²) >= 11 is 0. The maximum Gasteiger partial charge on any atom is 0.307 e. The molecule has 1 aliphatic carbocycles. The highest BCUT2D eigenvalue weighted by Crippen LogP contribution is 2.26. The molecular formula is C12H22N2O2. The van der Waals surface area contributed by atoms with Gasteiger partial charge in [-0.15, -0.1) is 0 Å². The van der Waals surface area contributed by atoms with Crippen LogP contribution < -0.4 is 5.32 Å². The van der Waals surface area contributed by atoms with E-state index >= 15 is 0 Å². The molecule has 0 aromatic heterocycles. The lowest BCUT2D eigenvalue weighted by atomic mass is 9.85. The molecule has 1 aliphatic heterocycles. The minimum Gasteiger partial charge on any atom is -0.481 e. The number of hydrogen-bond donors (Lipinski definition) is 2. The zero-order valence-corrected chi connectivity index (χ0v) is 9.98. The fourth-order valence-electron chi connectivity index (χ4n) is 2.68. The van der Waals surface area contributed by atoms with E-state index in [4.69, 9.17) is 5.11 Å². The highest BCUT2D eigenvalue weighted by atomic mass is 16.4. The maximum absolute atomic E-state index is 11.0. The van der Waals surface area contributed by atoms with Crippen molar-refractivity contribution >= 4 is 5.97 Å². The Morgan fingerprint density at radius 3 is 2.75 bits per heavy atom. The van der Waals surface area contributed by atoms with Crippen LogP contribution >= 0.6 is 0 Å². The number of carboxylic acids is 1. The summed E-state index contributed by atoms with van der Waals surface area (Å²) in [6.45, 7) is 2.75. The highest BCUT2D eigenvalue weighted by Gasteiger charge is 2.30. The third-order valence-electron chi connectivity index (χ3n) is 3.90. The van der Waals surface area contributed by atoms with Crippen LogP contribution in [-0.4, -0.2) is 48.7 Å². The summed E-state index contributed by atoms with van der Waals surface area (Å²) in [4.78, 5) is 13.1. The normalized spacial score (nSPS) is 32.3. The number of nitrogens with one attached hydrogen (secondary N) is 1. The van der Waals surface area contributed by atoms with Crippen molar-refractivity contribution in [3.63, 3.8) is 0 Å². The Kier molecular flexibility index (Phi) is 3.82. The monoisotopic (exact) mass is 226 g/mol. The van der Waals surface area contributed by atoms with Gasteiger partial charge in [0.25, 0.3) is 0 Å². The first-order valence-corrected chi connectivity index (χ1v) is 6.30. The Balaban J connectivity index is 1.76. The van der Waals surface area contributed by atoms with Crippen LogP contribution in [0.4, 0.5) is 0 Å². The lowest BCUT2D eigenvalue weighted by Gasteiger charge is -2.36. The molecule has 2 fully saturated rings. The standard InChI is InChI=1S/C12H22N2O2/c1-14-7-10(12(15)16)5-11(8-14)13-6-9-3-2-4-9/h9-11,13H,2-8H2,1H3,(H,15,16). The first-order chi connectivity index (χ1) is 7.65. The number of rotatable bonds is 4. The van der Waals surface area contributed by atoms with E-state index in [1.807, 2.05) is 7.05 Å². The van der Waals surface area contributed by atoms with E-state index in [1.165, 1.54) is 19.3 Å². The van der Waals surface area contributed by atoms with Gasteiger partial charge in [-0.2, -0.15) is 0 Å². The van der Waals surface area contributed by atoms with Gasteiger partial charge in [-0.25, -0.2) is 0 Å². The number of carbonyl (C=O) groups is 1. The fourth-order valence-corrected chi connectivity index (χ4v) is 2.68. The van der Waals surface area contributed by atoms with Crippen molar-refractivity contribution in [3.05, 3.63) is 0 Å². The molecule has 0 spiro atoms. The van der Waals surface area contributed by atoms with Crippen molar-refractivity contribution < 1.29 is 9.90 Å². The molecule has 2 atom stereocenters. The van der Waals surface area contributed by atoms with E-state index in [-0.39, 0.29) is 5.92 Å². The molecule has 16 heavy (non-hydrogen) atoms. The Morgan fingerprint density at radius 2 is 2.19 bits per heavy atom. The van der Waals surface area contributed by atoms with Crippen LogP contribution in [0.5, 0.6) is 0 Å². The van der Waals surface area contributed by atoms with Crippen molar-refractivity contribution in [3.8, 4) is 0 Å². The quantitative estimate of drug-likeness (QED) is 0.744. The molecule has 0 radical (unpaired) electrons. The molecule has 4 heteroatoms. The van der Waals surface area contributed by atoms with Gasteiger partial charge in [0.1, 0.15) is 0 Å². The predicted octanol–water partition coefficient (Wildman–Crippen LogP) is 0.781. The van der Waals surface area contributed by atoms with Crippen LogP contribution in [0.1, 0.15) is 25.7 Å². The van der Waals surface area contributed by atoms with Gasteiger partial charge in [0, 0.05) is 19.1 Å². The van der Waals surface area contributed by atoms with Crippen LogP contribution in [0.15, 0.2) is 0 Å². The second kappa shape index (κ2) is 5.15. The fraction of sp³-hybridized carbons (Fsp3) is 0.917. The molecule has 1 heterocycles. The number of carboxylic acid groups (broad SMARTS) is 1. The van der Waals surface area contributed by atoms with Gasteiger partial charge in [-0.3, -0.25) is 4.79 Å². The maximum atomic E-state index is 11.0. The number of likely N-dealkylation sites (N-methyl/N-ethyl adjacent to an activating group) is 1. The molecule has 4 nitrogen and oxygen atoms in total. The Labute approximate surface area is 97.0 Å². The molecule has 0 aromatic carbocycles. The Morgan fingerprint density at radius 1 is 1.44 bits per heavy atom. The lowest BCUT2D eigenvalue weighted by molar-refractivity contribution is -0.143. The summed E-state index contributed by atoms with van der Waals surface area (Å²) in [5.41, 5.74) is 0. The number of nitrogens with zero attached hydrogens (tertiary/aromatic N) is 1. The number of piperidine rings is 1. The van der Waals surface area contributed by atoms with E-state index in [1.54, 1.807) is 0 Å². The zero-order chi connectivity index (χ0) is 11.5. The molecule has 2 rings (SSSR count). The molecule has 92 valence electrons. The van der Waals surface area contributed by atoms with E-state index in [2.05, 4.69) is 10.2 Å². The second-order valence-corrected chi connectivity index (χ2v) is 5.39. The van der Waals surface area contributed by atoms with E-state index in [0.29, 0.717) is 12.6 Å². The molecular weight excluding hydrogens is 204 g/mol. The second-order valence-electron chi connectivity index (χ2n) is 5.39. The summed E-state index contributed by atoms with van der Waals surface area (Å²) in [5.74, 6) is -0.00449. The van der Waals surface area contributed by atoms with Gasteiger partial charge in [-0.05, 0) is 38.8 Å². The average Bonchev–Trinajstić information content (AvgIpc) is 2.14. The first kappa shape index (κ1) is 11.9. The van der Waals surface area contributed by atoms with Crippen LogP contribution in [0, 0.1) is 11.8 Å². The van der Waals surface area contributed by atoms with Crippen molar-refractivity contribution in [2.75, 3.05) is 26.7 Å². The summed E-state index contributed by atoms with van der Waals surface area (Å²) < 4.78 is 0. The summed E-state index contributed by atoms with van der Waals surface area (Å²) in [7, 11) is 2.01. The summed E-state index contributed by atoms with van der Waals surface area (Å²) in [6, 6.07) is 0.362. The van der Waals surface area contributed by atoms with Crippen molar-refractivity contribution in [2.45, 2.75) is 31.7 Å². The largest absolute Gasteiger partial charge is 0.481 e. The summed E-state index contributed by atoms with van der Waals surface area (Å²) in [6.07, 6.45) is 4.84. The van der Waals surface area contributed by atoms with Gasteiger partial charge in [0.05, 0.1) is 5.92 Å². The predicted molar refractivity (Wildman–Crippen MR) is 62.4 cm³/mol. The Bertz CT molecular complexity index is 253. The average molecular weight is 226 g/mol. The van der Waals surface area contributed by atoms with Gasteiger partial charge in [0.15, 0.2) is 0 Å². The van der Waals surface area contributed by atoms with E-state index < -0.39 is 5.97 Å². The van der Waals surface area contributed by atoms with Crippen molar-refractivity contribution in [2.24, 2.45) is 11.8 Å². The van der Waals surface area contributed by atoms with Gasteiger partial charge >= 0.3 is 5.97 Å². The van der Waals surface area contributed by atoms with Crippen LogP contribution in [-0.2, 0) is 4.79 Å². The van der Waals surface area contributed by atoms with E-state index in [0.717, 1.165) is 25.4 Å². The molecule has 0 aromatic rings. The van der Waals surface area contributed by atoms with Crippen LogP contribution in [0.2, 0.25) is 0 Å². The topological polar surface area (TPSA) is 52.6 Å². The van der Waals surface area contributed by atoms with Gasteiger partial charge < -0.3 is 15.3 Å². The molecule has 1 saturated carbocycles. The minimum absolute atomic E-state index is 0.197. The van der Waals surface area contributed by atoms with Crippen LogP contribution in [0.3, 0.4) is 0 Å². The SMILES string of the molecule is CN1CC(NCC2CCC2)CC(C(=O)O)C1. The summed E-state index contributed by atoms with van der Waals surface area (Å²) in [5, 5.41) is 12.6. The molecule has 0 amide bonds. The molecule has 2 N–H and O–H groups in total. The van der Waals surface area contributed by atoms with Crippen molar-refractivity contribution in [1.29, 1.82) is 0 Å². The van der Waals surface area contributed by atoms with Gasteiger partial charge in [0.2, 0.25) is 0 Å². The van der Waals surface area contributed by atoms with E-state index in [9.17, 15) is 4.79 Å². The lowest BCUT2D eigenvalue weighted by Crippen LogP contribution is -2.50. The smallest absolute Gasteiger partial charge is 0.307 e. The third kappa shape index (κ3) is 2.95. The highest BCUT2D eigenvalue weighted by molar-refractivity contribution is 5.70. The van der Waals surface area contributed by atoms with Crippen LogP contribution in [0.25, 0.3) is 0 Å². The van der Waals surface area contributed by atoms with Crippen molar-refractivity contribution in [1.82, 2.24) is 10.2 Å².